The summed E-state index contributed by atoms with van der Waals surface area (Å²) in [5.41, 5.74) is 3.97. The molecule has 92 valence electrons. The molecule has 1 amide bonds. The highest BCUT2D eigenvalue weighted by atomic mass is 16.2. The highest BCUT2D eigenvalue weighted by Crippen LogP contribution is 2.26. The van der Waals surface area contributed by atoms with Crippen LogP contribution in [0.1, 0.15) is 33.1 Å². The molecule has 0 fully saturated rings. The third-order valence-electron chi connectivity index (χ3n) is 3.37. The Kier molecular flexibility index (Phi) is 2.81. The van der Waals surface area contributed by atoms with Gasteiger partial charge in [0.2, 0.25) is 0 Å². The van der Waals surface area contributed by atoms with Crippen molar-refractivity contribution < 1.29 is 4.79 Å². The predicted octanol–water partition coefficient (Wildman–Crippen LogP) is 2.70. The smallest absolute Gasteiger partial charge is 0.252 e. The summed E-state index contributed by atoms with van der Waals surface area (Å²) in [6.45, 7) is 0. The lowest BCUT2D eigenvalue weighted by molar-refractivity contribution is 0.0962. The van der Waals surface area contributed by atoms with Crippen LogP contribution in [0.15, 0.2) is 48.5 Å². The number of carbonyl (C=O) groups excluding carboxylic acids is 1. The Morgan fingerprint density at radius 3 is 2.63 bits per heavy atom. The first-order chi connectivity index (χ1) is 9.28. The van der Waals surface area contributed by atoms with Gasteiger partial charge in [-0.3, -0.25) is 4.79 Å². The summed E-state index contributed by atoms with van der Waals surface area (Å²) in [7, 11) is 0. The zero-order valence-electron chi connectivity index (χ0n) is 10.4. The van der Waals surface area contributed by atoms with Gasteiger partial charge in [-0.25, -0.2) is 0 Å². The van der Waals surface area contributed by atoms with Gasteiger partial charge in [-0.05, 0) is 29.2 Å². The number of amides is 1. The molecule has 1 unspecified atom stereocenters. The maximum absolute atomic E-state index is 11.8. The molecule has 0 saturated heterocycles. The van der Waals surface area contributed by atoms with Gasteiger partial charge in [-0.2, -0.15) is 0 Å². The molecule has 1 aliphatic heterocycles. The van der Waals surface area contributed by atoms with E-state index in [9.17, 15) is 4.79 Å². The van der Waals surface area contributed by atoms with E-state index in [2.05, 4.69) is 23.4 Å². The molecule has 0 aromatic heterocycles. The van der Waals surface area contributed by atoms with Crippen LogP contribution in [0.5, 0.6) is 0 Å². The molecule has 0 bridgehead atoms. The molecule has 19 heavy (non-hydrogen) atoms. The molecule has 0 aliphatic carbocycles. The molecule has 0 spiro atoms. The van der Waals surface area contributed by atoms with Gasteiger partial charge in [0, 0.05) is 5.56 Å². The molecule has 0 saturated carbocycles. The molecule has 3 rings (SSSR count). The zero-order chi connectivity index (χ0) is 13.2. The minimum atomic E-state index is -0.284. The summed E-state index contributed by atoms with van der Waals surface area (Å²) in [5.74, 6) is 2.51. The summed E-state index contributed by atoms with van der Waals surface area (Å²) in [5, 5.41) is 2.79. The summed E-state index contributed by atoms with van der Waals surface area (Å²) in [6.07, 6.45) is 6.23. The normalized spacial score (nSPS) is 16.6. The van der Waals surface area contributed by atoms with Crippen LogP contribution in [0, 0.1) is 12.3 Å². The van der Waals surface area contributed by atoms with E-state index in [1.54, 1.807) is 0 Å². The Hall–Kier alpha value is -2.53. The fourth-order valence-electron chi connectivity index (χ4n) is 2.41. The van der Waals surface area contributed by atoms with Crippen molar-refractivity contribution in [1.29, 1.82) is 0 Å². The number of hydrogen-bond donors (Lipinski definition) is 1. The van der Waals surface area contributed by atoms with E-state index < -0.39 is 0 Å². The molecule has 1 aliphatic rings. The average molecular weight is 247 g/mol. The Balaban J connectivity index is 1.93. The molecule has 0 radical (unpaired) electrons. The number of rotatable bonds is 2. The van der Waals surface area contributed by atoms with E-state index in [0.29, 0.717) is 5.56 Å². The maximum atomic E-state index is 11.8. The third-order valence-corrected chi connectivity index (χ3v) is 3.37. The van der Waals surface area contributed by atoms with E-state index in [-0.39, 0.29) is 11.9 Å². The highest BCUT2D eigenvalue weighted by Gasteiger charge is 2.26. The number of carbonyl (C=O) groups is 1. The lowest BCUT2D eigenvalue weighted by Crippen LogP contribution is -2.17. The fourth-order valence-corrected chi connectivity index (χ4v) is 2.41. The molecule has 1 N–H and O–H groups in total. The van der Waals surface area contributed by atoms with Crippen LogP contribution in [0.25, 0.3) is 0 Å². The minimum absolute atomic E-state index is 0.0761. The van der Waals surface area contributed by atoms with Crippen molar-refractivity contribution in [1.82, 2.24) is 5.32 Å². The zero-order valence-corrected chi connectivity index (χ0v) is 10.4. The number of terminal acetylenes is 1. The molecule has 2 aromatic rings. The van der Waals surface area contributed by atoms with Crippen molar-refractivity contribution in [2.75, 3.05) is 0 Å². The largest absolute Gasteiger partial charge is 0.334 e. The Bertz CT molecular complexity index is 667. The predicted molar refractivity (Wildman–Crippen MR) is 74.7 cm³/mol. The number of nitrogens with one attached hydrogen (secondary N) is 1. The minimum Gasteiger partial charge on any atom is -0.334 e. The first-order valence-electron chi connectivity index (χ1n) is 6.21. The van der Waals surface area contributed by atoms with Gasteiger partial charge in [-0.15, -0.1) is 6.42 Å². The Labute approximate surface area is 112 Å². The topological polar surface area (TPSA) is 29.1 Å². The van der Waals surface area contributed by atoms with Crippen molar-refractivity contribution >= 4 is 5.91 Å². The van der Waals surface area contributed by atoms with E-state index >= 15 is 0 Å². The quantitative estimate of drug-likeness (QED) is 0.812. The van der Waals surface area contributed by atoms with Crippen LogP contribution in [0.2, 0.25) is 0 Å². The standard InChI is InChI=1S/C17H13NO/c1-2-16-14-9-8-13(11-15(14)17(19)18-16)10-12-6-4-3-5-7-12/h1,3-9,11,16H,10H2,(H,18,19). The molecular formula is C17H13NO. The lowest BCUT2D eigenvalue weighted by atomic mass is 9.98. The van der Waals surface area contributed by atoms with Crippen LogP contribution in [0.3, 0.4) is 0 Å². The average Bonchev–Trinajstić information content (AvgIpc) is 2.76. The van der Waals surface area contributed by atoms with Crippen LogP contribution in [-0.2, 0) is 6.42 Å². The lowest BCUT2D eigenvalue weighted by Gasteiger charge is -2.05. The van der Waals surface area contributed by atoms with Crippen molar-refractivity contribution in [3.8, 4) is 12.3 Å². The Morgan fingerprint density at radius 1 is 1.11 bits per heavy atom. The van der Waals surface area contributed by atoms with Crippen LogP contribution >= 0.6 is 0 Å². The van der Waals surface area contributed by atoms with Gasteiger partial charge in [0.05, 0.1) is 0 Å². The second kappa shape index (κ2) is 4.62. The van der Waals surface area contributed by atoms with E-state index in [0.717, 1.165) is 17.5 Å². The molecule has 1 atom stereocenters. The number of hydrogen-bond acceptors (Lipinski definition) is 1. The van der Waals surface area contributed by atoms with Gasteiger partial charge in [0.25, 0.3) is 5.91 Å². The first-order valence-corrected chi connectivity index (χ1v) is 6.21. The van der Waals surface area contributed by atoms with Crippen molar-refractivity contribution in [2.24, 2.45) is 0 Å². The van der Waals surface area contributed by atoms with Crippen LogP contribution in [-0.4, -0.2) is 5.91 Å². The fraction of sp³-hybridized carbons (Fsp3) is 0.118. The second-order valence-electron chi connectivity index (χ2n) is 4.66. The molecule has 2 heteroatoms. The molecule has 2 aromatic carbocycles. The van der Waals surface area contributed by atoms with E-state index in [4.69, 9.17) is 6.42 Å². The second-order valence-corrected chi connectivity index (χ2v) is 4.66. The maximum Gasteiger partial charge on any atom is 0.252 e. The van der Waals surface area contributed by atoms with E-state index in [1.807, 2.05) is 36.4 Å². The number of benzene rings is 2. The van der Waals surface area contributed by atoms with Crippen LogP contribution < -0.4 is 5.32 Å². The van der Waals surface area contributed by atoms with Gasteiger partial charge in [0.1, 0.15) is 6.04 Å². The monoisotopic (exact) mass is 247 g/mol. The molecular weight excluding hydrogens is 234 g/mol. The molecule has 1 heterocycles. The highest BCUT2D eigenvalue weighted by molar-refractivity contribution is 5.99. The summed E-state index contributed by atoms with van der Waals surface area (Å²) < 4.78 is 0. The first kappa shape index (κ1) is 11.6. The summed E-state index contributed by atoms with van der Waals surface area (Å²) in [6, 6.07) is 15.8. The van der Waals surface area contributed by atoms with E-state index in [1.165, 1.54) is 5.56 Å². The van der Waals surface area contributed by atoms with Gasteiger partial charge in [-0.1, -0.05) is 48.4 Å². The SMILES string of the molecule is C#CC1NC(=O)c2cc(Cc3ccccc3)ccc21. The molecule has 2 nitrogen and oxygen atoms in total. The third kappa shape index (κ3) is 2.11. The summed E-state index contributed by atoms with van der Waals surface area (Å²) in [4.78, 5) is 11.8. The Morgan fingerprint density at radius 2 is 1.89 bits per heavy atom. The number of fused-ring (bicyclic) bond motifs is 1. The summed E-state index contributed by atoms with van der Waals surface area (Å²) >= 11 is 0. The van der Waals surface area contributed by atoms with Crippen molar-refractivity contribution in [2.45, 2.75) is 12.5 Å². The van der Waals surface area contributed by atoms with Crippen LogP contribution in [0.4, 0.5) is 0 Å². The van der Waals surface area contributed by atoms with Gasteiger partial charge in [0.15, 0.2) is 0 Å². The van der Waals surface area contributed by atoms with Gasteiger partial charge >= 0.3 is 0 Å². The van der Waals surface area contributed by atoms with Crippen molar-refractivity contribution in [3.05, 3.63) is 70.8 Å². The van der Waals surface area contributed by atoms with Crippen molar-refractivity contribution in [3.63, 3.8) is 0 Å². The van der Waals surface area contributed by atoms with Gasteiger partial charge < -0.3 is 5.32 Å².